The Balaban J connectivity index is 2.14. The molecule has 2 atom stereocenters. The maximum absolute atomic E-state index is 2.51. The fourth-order valence-corrected chi connectivity index (χ4v) is 4.29. The first-order valence-corrected chi connectivity index (χ1v) is 7.12. The van der Waals surface area contributed by atoms with Gasteiger partial charge >= 0.3 is 0 Å². The second-order valence-corrected chi connectivity index (χ2v) is 7.00. The molecule has 16 heavy (non-hydrogen) atoms. The molecule has 1 aromatic carbocycles. The van der Waals surface area contributed by atoms with Gasteiger partial charge in [0, 0.05) is 0 Å². The molecule has 0 aromatic heterocycles. The van der Waals surface area contributed by atoms with Gasteiger partial charge in [-0.1, -0.05) is 44.2 Å². The van der Waals surface area contributed by atoms with Gasteiger partial charge in [-0.3, -0.25) is 0 Å². The van der Waals surface area contributed by atoms with E-state index < -0.39 is 0 Å². The highest BCUT2D eigenvalue weighted by Crippen LogP contribution is 2.56. The van der Waals surface area contributed by atoms with E-state index in [0.29, 0.717) is 5.41 Å². The summed E-state index contributed by atoms with van der Waals surface area (Å²) in [7, 11) is 0. The molecule has 0 N–H and O–H groups in total. The van der Waals surface area contributed by atoms with E-state index in [4.69, 9.17) is 0 Å². The minimum absolute atomic E-state index is 0.353. The van der Waals surface area contributed by atoms with Crippen LogP contribution in [-0.4, -0.2) is 0 Å². The lowest BCUT2D eigenvalue weighted by atomic mass is 9.72. The molecule has 0 saturated carbocycles. The van der Waals surface area contributed by atoms with Crippen molar-refractivity contribution < 1.29 is 0 Å². The van der Waals surface area contributed by atoms with Crippen LogP contribution in [0.1, 0.15) is 43.7 Å². The predicted octanol–water partition coefficient (Wildman–Crippen LogP) is 4.79. The Morgan fingerprint density at radius 1 is 1.25 bits per heavy atom. The molecule has 1 aromatic rings. The normalized spacial score (nSPS) is 30.6. The van der Waals surface area contributed by atoms with E-state index in [1.807, 2.05) is 0 Å². The molecule has 0 heterocycles. The van der Waals surface area contributed by atoms with Crippen LogP contribution >= 0.6 is 22.6 Å². The summed E-state index contributed by atoms with van der Waals surface area (Å²) in [5.41, 5.74) is 3.55. The molecule has 2 aliphatic rings. The van der Waals surface area contributed by atoms with Crippen molar-refractivity contribution in [3.05, 3.63) is 45.0 Å². The highest BCUT2D eigenvalue weighted by atomic mass is 127. The summed E-state index contributed by atoms with van der Waals surface area (Å²) >= 11 is 2.51. The molecule has 2 aliphatic carbocycles. The first-order chi connectivity index (χ1) is 7.60. The van der Waals surface area contributed by atoms with Gasteiger partial charge < -0.3 is 0 Å². The SMILES string of the molecule is CC1(C)c2ccccc2[C@H]2CC=C(I)CC21. The Hall–Kier alpha value is -0.310. The Morgan fingerprint density at radius 2 is 2.00 bits per heavy atom. The molecule has 0 spiro atoms. The van der Waals surface area contributed by atoms with E-state index in [0.717, 1.165) is 11.8 Å². The Morgan fingerprint density at radius 3 is 2.81 bits per heavy atom. The van der Waals surface area contributed by atoms with Gasteiger partial charge in [0.1, 0.15) is 0 Å². The van der Waals surface area contributed by atoms with Crippen molar-refractivity contribution in [3.8, 4) is 0 Å². The van der Waals surface area contributed by atoms with Crippen molar-refractivity contribution in [1.82, 2.24) is 0 Å². The van der Waals surface area contributed by atoms with E-state index in [1.54, 1.807) is 14.7 Å². The molecular formula is C15H17I. The van der Waals surface area contributed by atoms with Crippen LogP contribution < -0.4 is 0 Å². The van der Waals surface area contributed by atoms with Gasteiger partial charge in [0.05, 0.1) is 0 Å². The number of halogens is 1. The first-order valence-electron chi connectivity index (χ1n) is 6.04. The molecule has 1 unspecified atom stereocenters. The van der Waals surface area contributed by atoms with Crippen molar-refractivity contribution >= 4 is 22.6 Å². The third-order valence-electron chi connectivity index (χ3n) is 4.48. The lowest BCUT2D eigenvalue weighted by Crippen LogP contribution is -2.27. The maximum Gasteiger partial charge on any atom is -0.00632 e. The minimum Gasteiger partial charge on any atom is -0.0746 e. The molecule has 3 rings (SSSR count). The lowest BCUT2D eigenvalue weighted by Gasteiger charge is -2.33. The Labute approximate surface area is 111 Å². The van der Waals surface area contributed by atoms with E-state index in [9.17, 15) is 0 Å². The summed E-state index contributed by atoms with van der Waals surface area (Å²) in [4.78, 5) is 0. The third-order valence-corrected chi connectivity index (χ3v) is 5.36. The predicted molar refractivity (Wildman–Crippen MR) is 77.0 cm³/mol. The second kappa shape index (κ2) is 3.59. The first kappa shape index (κ1) is 10.8. The number of rotatable bonds is 0. The highest BCUT2D eigenvalue weighted by Gasteiger charge is 2.46. The van der Waals surface area contributed by atoms with Gasteiger partial charge in [-0.05, 0) is 67.4 Å². The van der Waals surface area contributed by atoms with Crippen LogP contribution in [0.5, 0.6) is 0 Å². The van der Waals surface area contributed by atoms with Crippen molar-refractivity contribution in [3.63, 3.8) is 0 Å². The molecular weight excluding hydrogens is 307 g/mol. The molecule has 84 valence electrons. The van der Waals surface area contributed by atoms with Crippen molar-refractivity contribution in [2.24, 2.45) is 5.92 Å². The van der Waals surface area contributed by atoms with Gasteiger partial charge in [0.2, 0.25) is 0 Å². The maximum atomic E-state index is 2.51. The molecule has 0 bridgehead atoms. The van der Waals surface area contributed by atoms with Gasteiger partial charge in [-0.15, -0.1) is 0 Å². The fourth-order valence-electron chi connectivity index (χ4n) is 3.56. The van der Waals surface area contributed by atoms with Crippen molar-refractivity contribution in [1.29, 1.82) is 0 Å². The fraction of sp³-hybridized carbons (Fsp3) is 0.467. The standard InChI is InChI=1S/C15H17I/c1-15(2)13-6-4-3-5-11(13)12-8-7-10(16)9-14(12)15/h3-7,12,14H,8-9H2,1-2H3/t12-,14?/m1/s1. The monoisotopic (exact) mass is 324 g/mol. The van der Waals surface area contributed by atoms with Gasteiger partial charge in [0.15, 0.2) is 0 Å². The highest BCUT2D eigenvalue weighted by molar-refractivity contribution is 14.1. The van der Waals surface area contributed by atoms with Crippen LogP contribution in [-0.2, 0) is 5.41 Å². The molecule has 0 fully saturated rings. The zero-order chi connectivity index (χ0) is 11.3. The minimum atomic E-state index is 0.353. The molecule has 0 amide bonds. The topological polar surface area (TPSA) is 0 Å². The molecule has 0 aliphatic heterocycles. The number of fused-ring (bicyclic) bond motifs is 3. The summed E-state index contributed by atoms with van der Waals surface area (Å²) in [5.74, 6) is 1.58. The number of hydrogen-bond donors (Lipinski definition) is 0. The van der Waals surface area contributed by atoms with Crippen LogP contribution in [0.3, 0.4) is 0 Å². The van der Waals surface area contributed by atoms with E-state index in [2.05, 4.69) is 66.8 Å². The lowest BCUT2D eigenvalue weighted by molar-refractivity contribution is 0.296. The summed E-state index contributed by atoms with van der Waals surface area (Å²) in [5, 5.41) is 0. The number of allylic oxidation sites excluding steroid dienone is 2. The summed E-state index contributed by atoms with van der Waals surface area (Å²) < 4.78 is 1.56. The summed E-state index contributed by atoms with van der Waals surface area (Å²) in [6.45, 7) is 4.84. The van der Waals surface area contributed by atoms with Crippen LogP contribution in [0.2, 0.25) is 0 Å². The average molecular weight is 324 g/mol. The van der Waals surface area contributed by atoms with Gasteiger partial charge in [0.25, 0.3) is 0 Å². The smallest absolute Gasteiger partial charge is 0.00632 e. The number of hydrogen-bond acceptors (Lipinski definition) is 0. The van der Waals surface area contributed by atoms with E-state index in [-0.39, 0.29) is 0 Å². The van der Waals surface area contributed by atoms with Crippen LogP contribution in [0, 0.1) is 5.92 Å². The Kier molecular flexibility index (Phi) is 2.43. The average Bonchev–Trinajstić information content (AvgIpc) is 2.49. The Bertz CT molecular complexity index is 456. The van der Waals surface area contributed by atoms with E-state index in [1.165, 1.54) is 12.8 Å². The van der Waals surface area contributed by atoms with E-state index >= 15 is 0 Å². The molecule has 0 nitrogen and oxygen atoms in total. The number of benzene rings is 1. The van der Waals surface area contributed by atoms with Crippen molar-refractivity contribution in [2.45, 2.75) is 38.0 Å². The molecule has 0 radical (unpaired) electrons. The molecule has 1 heteroatoms. The molecule has 0 saturated heterocycles. The van der Waals surface area contributed by atoms with Crippen LogP contribution in [0.4, 0.5) is 0 Å². The second-order valence-electron chi connectivity index (χ2n) is 5.61. The zero-order valence-electron chi connectivity index (χ0n) is 9.83. The summed E-state index contributed by atoms with van der Waals surface area (Å²) in [6, 6.07) is 9.06. The van der Waals surface area contributed by atoms with Crippen LogP contribution in [0.15, 0.2) is 33.9 Å². The summed E-state index contributed by atoms with van der Waals surface area (Å²) in [6.07, 6.45) is 4.94. The quantitative estimate of drug-likeness (QED) is 0.602. The zero-order valence-corrected chi connectivity index (χ0v) is 12.0. The van der Waals surface area contributed by atoms with Crippen LogP contribution in [0.25, 0.3) is 0 Å². The van der Waals surface area contributed by atoms with Gasteiger partial charge in [-0.2, -0.15) is 0 Å². The third kappa shape index (κ3) is 1.40. The van der Waals surface area contributed by atoms with Gasteiger partial charge in [-0.25, -0.2) is 0 Å². The largest absolute Gasteiger partial charge is 0.0746 e. The van der Waals surface area contributed by atoms with Crippen molar-refractivity contribution in [2.75, 3.05) is 0 Å².